The zero-order valence-electron chi connectivity index (χ0n) is 19.3. The minimum atomic E-state index is 0.0547. The lowest BCUT2D eigenvalue weighted by Gasteiger charge is -2.17. The molecule has 0 spiro atoms. The average molecular weight is 474 g/mol. The van der Waals surface area contributed by atoms with Gasteiger partial charge in [0.15, 0.2) is 0 Å². The van der Waals surface area contributed by atoms with Gasteiger partial charge in [0.2, 0.25) is 5.91 Å². The molecule has 1 aliphatic heterocycles. The minimum Gasteiger partial charge on any atom is -0.494 e. The van der Waals surface area contributed by atoms with E-state index in [0.29, 0.717) is 24.6 Å². The van der Waals surface area contributed by atoms with Crippen LogP contribution < -0.4 is 9.64 Å². The van der Waals surface area contributed by atoms with E-state index in [1.165, 1.54) is 5.56 Å². The summed E-state index contributed by atoms with van der Waals surface area (Å²) in [7, 11) is 0. The Kier molecular flexibility index (Phi) is 6.54. The van der Waals surface area contributed by atoms with E-state index in [9.17, 15) is 4.79 Å². The molecule has 6 heteroatoms. The predicted octanol–water partition coefficient (Wildman–Crippen LogP) is 6.38. The number of ether oxygens (including phenoxy) is 1. The van der Waals surface area contributed by atoms with Crippen LogP contribution in [0.15, 0.2) is 72.8 Å². The number of carbonyl (C=O) groups is 1. The van der Waals surface area contributed by atoms with Crippen molar-refractivity contribution in [2.75, 3.05) is 18.1 Å². The van der Waals surface area contributed by atoms with Gasteiger partial charge < -0.3 is 14.2 Å². The number of aromatic nitrogens is 2. The fourth-order valence-electron chi connectivity index (χ4n) is 4.66. The SMILES string of the molecule is Cc1cccc(OCCCCn2c([C@@H]3CC(=O)N(c4ccc(Cl)cc4)C3)nc3ccccc32)c1. The van der Waals surface area contributed by atoms with Gasteiger partial charge in [0.05, 0.1) is 17.6 Å². The first-order valence-electron chi connectivity index (χ1n) is 11.8. The van der Waals surface area contributed by atoms with Gasteiger partial charge in [-0.05, 0) is 73.9 Å². The molecule has 1 saturated heterocycles. The fraction of sp³-hybridized carbons (Fsp3) is 0.286. The van der Waals surface area contributed by atoms with Crippen LogP contribution in [0.25, 0.3) is 11.0 Å². The fourth-order valence-corrected chi connectivity index (χ4v) is 4.79. The standard InChI is InChI=1S/C28H28ClN3O2/c1-20-7-6-8-24(17-20)34-16-5-4-15-31-26-10-3-2-9-25(26)30-28(31)21-18-27(33)32(19-21)23-13-11-22(29)12-14-23/h2-3,6-14,17,21H,4-5,15-16,18-19H2,1H3/t21-/m1/s1. The average Bonchev–Trinajstić information content (AvgIpc) is 3.40. The largest absolute Gasteiger partial charge is 0.494 e. The summed E-state index contributed by atoms with van der Waals surface area (Å²) >= 11 is 6.03. The first kappa shape index (κ1) is 22.5. The van der Waals surface area contributed by atoms with Crippen molar-refractivity contribution in [1.82, 2.24) is 9.55 Å². The lowest BCUT2D eigenvalue weighted by molar-refractivity contribution is -0.117. The Morgan fingerprint density at radius 3 is 2.68 bits per heavy atom. The third kappa shape index (κ3) is 4.80. The molecule has 1 fully saturated rings. The summed E-state index contributed by atoms with van der Waals surface area (Å²) in [6.45, 7) is 4.22. The number of amides is 1. The molecule has 5 rings (SSSR count). The zero-order chi connectivity index (χ0) is 23.5. The molecular weight excluding hydrogens is 446 g/mol. The van der Waals surface area contributed by atoms with Gasteiger partial charge in [-0.1, -0.05) is 35.9 Å². The molecule has 0 radical (unpaired) electrons. The van der Waals surface area contributed by atoms with Crippen LogP contribution in [0.3, 0.4) is 0 Å². The summed E-state index contributed by atoms with van der Waals surface area (Å²) in [5.74, 6) is 2.09. The molecule has 0 aliphatic carbocycles. The normalized spacial score (nSPS) is 15.9. The molecule has 5 nitrogen and oxygen atoms in total. The molecule has 0 saturated carbocycles. The van der Waals surface area contributed by atoms with E-state index in [1.54, 1.807) is 0 Å². The third-order valence-electron chi connectivity index (χ3n) is 6.35. The maximum absolute atomic E-state index is 12.9. The number of benzene rings is 3. The smallest absolute Gasteiger partial charge is 0.227 e. The maximum atomic E-state index is 12.9. The summed E-state index contributed by atoms with van der Waals surface area (Å²) in [6.07, 6.45) is 2.38. The van der Waals surface area contributed by atoms with Crippen molar-refractivity contribution in [3.05, 3.63) is 89.2 Å². The molecule has 1 aromatic heterocycles. The van der Waals surface area contributed by atoms with Crippen molar-refractivity contribution < 1.29 is 9.53 Å². The number of carbonyl (C=O) groups excluding carboxylic acids is 1. The molecular formula is C28H28ClN3O2. The third-order valence-corrected chi connectivity index (χ3v) is 6.60. The van der Waals surface area contributed by atoms with Gasteiger partial charge in [-0.15, -0.1) is 0 Å². The van der Waals surface area contributed by atoms with Gasteiger partial charge in [0.25, 0.3) is 0 Å². The number of anilines is 1. The summed E-state index contributed by atoms with van der Waals surface area (Å²) in [5.41, 5.74) is 4.18. The molecule has 1 atom stereocenters. The van der Waals surface area contributed by atoms with Crippen LogP contribution in [0.5, 0.6) is 5.75 Å². The van der Waals surface area contributed by atoms with Crippen molar-refractivity contribution in [3.8, 4) is 5.75 Å². The van der Waals surface area contributed by atoms with Crippen LogP contribution >= 0.6 is 11.6 Å². The molecule has 0 unspecified atom stereocenters. The van der Waals surface area contributed by atoms with E-state index in [1.807, 2.05) is 59.5 Å². The lowest BCUT2D eigenvalue weighted by atomic mass is 10.1. The number of unbranched alkanes of at least 4 members (excludes halogenated alkanes) is 1. The first-order chi connectivity index (χ1) is 16.6. The van der Waals surface area contributed by atoms with Crippen molar-refractivity contribution in [1.29, 1.82) is 0 Å². The van der Waals surface area contributed by atoms with Crippen molar-refractivity contribution in [3.63, 3.8) is 0 Å². The number of fused-ring (bicyclic) bond motifs is 1. The highest BCUT2D eigenvalue weighted by molar-refractivity contribution is 6.30. The summed E-state index contributed by atoms with van der Waals surface area (Å²) < 4.78 is 8.22. The highest BCUT2D eigenvalue weighted by Gasteiger charge is 2.34. The highest BCUT2D eigenvalue weighted by atomic mass is 35.5. The van der Waals surface area contributed by atoms with Crippen LogP contribution in [-0.4, -0.2) is 28.6 Å². The van der Waals surface area contributed by atoms with Crippen molar-refractivity contribution in [2.24, 2.45) is 0 Å². The second-order valence-electron chi connectivity index (χ2n) is 8.86. The van der Waals surface area contributed by atoms with E-state index in [2.05, 4.69) is 29.7 Å². The summed E-state index contributed by atoms with van der Waals surface area (Å²) in [5, 5.41) is 0.667. The second kappa shape index (κ2) is 9.90. The van der Waals surface area contributed by atoms with Gasteiger partial charge in [-0.2, -0.15) is 0 Å². The Balaban J connectivity index is 1.29. The molecule has 0 N–H and O–H groups in total. The lowest BCUT2D eigenvalue weighted by Crippen LogP contribution is -2.24. The van der Waals surface area contributed by atoms with E-state index in [4.69, 9.17) is 21.3 Å². The monoisotopic (exact) mass is 473 g/mol. The minimum absolute atomic E-state index is 0.0547. The maximum Gasteiger partial charge on any atom is 0.227 e. The van der Waals surface area contributed by atoms with Gasteiger partial charge in [-0.3, -0.25) is 4.79 Å². The number of hydrogen-bond acceptors (Lipinski definition) is 3. The van der Waals surface area contributed by atoms with E-state index in [-0.39, 0.29) is 11.8 Å². The predicted molar refractivity (Wildman–Crippen MR) is 137 cm³/mol. The molecule has 1 aliphatic rings. The second-order valence-corrected chi connectivity index (χ2v) is 9.30. The van der Waals surface area contributed by atoms with Crippen molar-refractivity contribution in [2.45, 2.75) is 38.6 Å². The molecule has 4 aromatic rings. The Hall–Kier alpha value is -3.31. The number of imidazole rings is 1. The van der Waals surface area contributed by atoms with E-state index < -0.39 is 0 Å². The van der Waals surface area contributed by atoms with Crippen LogP contribution in [0.1, 0.15) is 36.6 Å². The van der Waals surface area contributed by atoms with Crippen molar-refractivity contribution >= 4 is 34.2 Å². The number of aryl methyl sites for hydroxylation is 2. The molecule has 1 amide bonds. The van der Waals surface area contributed by atoms with Gasteiger partial charge in [0, 0.05) is 36.1 Å². The van der Waals surface area contributed by atoms with Gasteiger partial charge >= 0.3 is 0 Å². The Bertz CT molecular complexity index is 1300. The van der Waals surface area contributed by atoms with Gasteiger partial charge in [0.1, 0.15) is 11.6 Å². The molecule has 2 heterocycles. The quantitative estimate of drug-likeness (QED) is 0.279. The van der Waals surface area contributed by atoms with Crippen LogP contribution in [0.4, 0.5) is 5.69 Å². The highest BCUT2D eigenvalue weighted by Crippen LogP contribution is 2.33. The molecule has 0 bridgehead atoms. The van der Waals surface area contributed by atoms with Crippen LogP contribution in [0, 0.1) is 6.92 Å². The topological polar surface area (TPSA) is 47.4 Å². The molecule has 3 aromatic carbocycles. The summed E-state index contributed by atoms with van der Waals surface area (Å²) in [6, 6.07) is 23.8. The van der Waals surface area contributed by atoms with E-state index in [0.717, 1.165) is 47.7 Å². The Morgan fingerprint density at radius 2 is 1.85 bits per heavy atom. The first-order valence-corrected chi connectivity index (χ1v) is 12.2. The number of hydrogen-bond donors (Lipinski definition) is 0. The molecule has 34 heavy (non-hydrogen) atoms. The van der Waals surface area contributed by atoms with Crippen LogP contribution in [0.2, 0.25) is 5.02 Å². The number of halogens is 1. The zero-order valence-corrected chi connectivity index (χ0v) is 20.0. The Labute approximate surface area is 204 Å². The van der Waals surface area contributed by atoms with Crippen LogP contribution in [-0.2, 0) is 11.3 Å². The Morgan fingerprint density at radius 1 is 1.03 bits per heavy atom. The van der Waals surface area contributed by atoms with Gasteiger partial charge in [-0.25, -0.2) is 4.98 Å². The summed E-state index contributed by atoms with van der Waals surface area (Å²) in [4.78, 5) is 19.7. The molecule has 174 valence electrons. The number of para-hydroxylation sites is 2. The number of rotatable bonds is 8. The number of nitrogens with zero attached hydrogens (tertiary/aromatic N) is 3. The van der Waals surface area contributed by atoms with E-state index >= 15 is 0 Å².